The van der Waals surface area contributed by atoms with Crippen molar-refractivity contribution in [3.63, 3.8) is 0 Å². The van der Waals surface area contributed by atoms with Crippen LogP contribution in [0, 0.1) is 13.5 Å². The van der Waals surface area contributed by atoms with E-state index < -0.39 is 12.1 Å². The van der Waals surface area contributed by atoms with Crippen molar-refractivity contribution in [2.75, 3.05) is 5.32 Å². The van der Waals surface area contributed by atoms with Crippen LogP contribution in [0.5, 0.6) is 0 Å². The molecule has 3 aromatic rings. The predicted octanol–water partition coefficient (Wildman–Crippen LogP) is 5.74. The summed E-state index contributed by atoms with van der Waals surface area (Å²) in [5.41, 5.74) is 2.53. The van der Waals surface area contributed by atoms with Gasteiger partial charge in [-0.15, -0.1) is 10.2 Å². The number of rotatable bonds is 7. The Morgan fingerprint density at radius 1 is 1.27 bits per heavy atom. The third-order valence-electron chi connectivity index (χ3n) is 4.60. The van der Waals surface area contributed by atoms with Crippen molar-refractivity contribution in [1.29, 1.82) is 0 Å². The summed E-state index contributed by atoms with van der Waals surface area (Å²) in [5, 5.41) is 12.0. The first-order valence-corrected chi connectivity index (χ1v) is 9.83. The number of ether oxygens (including phenoxy) is 1. The van der Waals surface area contributed by atoms with Gasteiger partial charge in [0.05, 0.1) is 11.6 Å². The highest BCUT2D eigenvalue weighted by molar-refractivity contribution is 6.34. The molecule has 3 rings (SSSR count). The second-order valence-corrected chi connectivity index (χ2v) is 7.04. The molecule has 0 aliphatic rings. The Bertz CT molecular complexity index is 1080. The fraction of sp³-hybridized carbons (Fsp3) is 0.273. The van der Waals surface area contributed by atoms with Crippen molar-refractivity contribution < 1.29 is 13.9 Å². The van der Waals surface area contributed by atoms with E-state index in [0.29, 0.717) is 27.9 Å². The van der Waals surface area contributed by atoms with Gasteiger partial charge in [0.2, 0.25) is 17.5 Å². The van der Waals surface area contributed by atoms with Gasteiger partial charge in [0, 0.05) is 17.7 Å². The van der Waals surface area contributed by atoms with Crippen LogP contribution in [-0.2, 0) is 9.53 Å². The van der Waals surface area contributed by atoms with Gasteiger partial charge in [-0.1, -0.05) is 42.8 Å². The highest BCUT2D eigenvalue weighted by Gasteiger charge is 2.29. The molecule has 7 nitrogen and oxygen atoms in total. The maximum Gasteiger partial charge on any atom is 0.305 e. The van der Waals surface area contributed by atoms with Crippen molar-refractivity contribution in [3.05, 3.63) is 70.4 Å². The van der Waals surface area contributed by atoms with Crippen molar-refractivity contribution in [1.82, 2.24) is 10.2 Å². The van der Waals surface area contributed by atoms with Gasteiger partial charge >= 0.3 is 5.97 Å². The summed E-state index contributed by atoms with van der Waals surface area (Å²) in [6.45, 7) is 12.5. The first-order chi connectivity index (χ1) is 14.4. The minimum absolute atomic E-state index is 0.251. The van der Waals surface area contributed by atoms with Crippen LogP contribution in [-0.4, -0.2) is 22.3 Å². The molecule has 0 saturated heterocycles. The third-order valence-corrected chi connectivity index (χ3v) is 5.08. The minimum atomic E-state index is -0.612. The van der Waals surface area contributed by atoms with E-state index in [9.17, 15) is 4.79 Å². The van der Waals surface area contributed by atoms with Crippen molar-refractivity contribution >= 4 is 28.9 Å². The summed E-state index contributed by atoms with van der Waals surface area (Å²) in [5.74, 6) is 0.301. The highest BCUT2D eigenvalue weighted by atomic mass is 35.5. The van der Waals surface area contributed by atoms with E-state index in [0.717, 1.165) is 5.56 Å². The molecule has 30 heavy (non-hydrogen) atoms. The molecule has 1 aromatic heterocycles. The molecular formula is C22H21ClN4O3. The van der Waals surface area contributed by atoms with Gasteiger partial charge in [0.1, 0.15) is 12.1 Å². The lowest BCUT2D eigenvalue weighted by Gasteiger charge is -2.24. The smallest absolute Gasteiger partial charge is 0.305 e. The molecule has 1 heterocycles. The van der Waals surface area contributed by atoms with Crippen molar-refractivity contribution in [2.45, 2.75) is 39.3 Å². The largest absolute Gasteiger partial charge is 0.460 e. The second-order valence-electron chi connectivity index (χ2n) is 6.67. The quantitative estimate of drug-likeness (QED) is 0.384. The lowest BCUT2D eigenvalue weighted by atomic mass is 10.1. The number of esters is 1. The number of nitrogens with one attached hydrogen (secondary N) is 1. The van der Waals surface area contributed by atoms with E-state index in [-0.39, 0.29) is 18.3 Å². The molecule has 154 valence electrons. The maximum absolute atomic E-state index is 11.9. The minimum Gasteiger partial charge on any atom is -0.460 e. The van der Waals surface area contributed by atoms with Gasteiger partial charge in [0.15, 0.2) is 0 Å². The van der Waals surface area contributed by atoms with Crippen molar-refractivity contribution in [3.8, 4) is 11.5 Å². The van der Waals surface area contributed by atoms with Crippen LogP contribution < -0.4 is 5.32 Å². The van der Waals surface area contributed by atoms with E-state index in [4.69, 9.17) is 27.3 Å². The Morgan fingerprint density at radius 2 is 2.00 bits per heavy atom. The lowest BCUT2D eigenvalue weighted by Crippen LogP contribution is -2.28. The molecule has 0 unspecified atom stereocenters. The SMILES string of the molecule is [C-]#[N+]c1ccc(N[C@@H](c2nnc(-c3ccccc3)o2)[C@H](C)OC(=O)CC)c(C)c1Cl. The second kappa shape index (κ2) is 9.42. The van der Waals surface area contributed by atoms with Crippen LogP contribution in [0.4, 0.5) is 11.4 Å². The number of hydrogen-bond acceptors (Lipinski definition) is 6. The average molecular weight is 425 g/mol. The van der Waals surface area contributed by atoms with Gasteiger partial charge in [0.25, 0.3) is 0 Å². The molecule has 1 N–H and O–H groups in total. The Hall–Kier alpha value is -3.37. The molecule has 0 fully saturated rings. The molecule has 0 bridgehead atoms. The summed E-state index contributed by atoms with van der Waals surface area (Å²) in [4.78, 5) is 15.3. The van der Waals surface area contributed by atoms with Crippen LogP contribution >= 0.6 is 11.6 Å². The maximum atomic E-state index is 11.9. The number of halogens is 1. The number of anilines is 1. The Balaban J connectivity index is 1.96. The van der Waals surface area contributed by atoms with E-state index in [2.05, 4.69) is 20.4 Å². The fourth-order valence-electron chi connectivity index (χ4n) is 2.88. The van der Waals surface area contributed by atoms with Crippen molar-refractivity contribution in [2.24, 2.45) is 0 Å². The molecule has 0 amide bonds. The summed E-state index contributed by atoms with van der Waals surface area (Å²) in [7, 11) is 0. The Morgan fingerprint density at radius 3 is 2.67 bits per heavy atom. The van der Waals surface area contributed by atoms with E-state index in [1.165, 1.54) is 0 Å². The molecule has 2 atom stereocenters. The first kappa shape index (κ1) is 21.3. The molecule has 0 saturated carbocycles. The highest BCUT2D eigenvalue weighted by Crippen LogP contribution is 2.35. The molecule has 2 aromatic carbocycles. The molecule has 8 heteroatoms. The zero-order valence-corrected chi connectivity index (χ0v) is 17.6. The third kappa shape index (κ3) is 4.61. The van der Waals surface area contributed by atoms with Crippen LogP contribution in [0.3, 0.4) is 0 Å². The molecule has 0 aliphatic carbocycles. The van der Waals surface area contributed by atoms with Gasteiger partial charge in [-0.2, -0.15) is 0 Å². The van der Waals surface area contributed by atoms with Gasteiger partial charge in [-0.25, -0.2) is 4.85 Å². The Labute approximate surface area is 179 Å². The van der Waals surface area contributed by atoms with Gasteiger partial charge < -0.3 is 14.5 Å². The Kier molecular flexibility index (Phi) is 6.70. The predicted molar refractivity (Wildman–Crippen MR) is 114 cm³/mol. The first-order valence-electron chi connectivity index (χ1n) is 9.46. The summed E-state index contributed by atoms with van der Waals surface area (Å²) in [6.07, 6.45) is -0.346. The molecule has 0 spiro atoms. The summed E-state index contributed by atoms with van der Waals surface area (Å²) >= 11 is 6.31. The average Bonchev–Trinajstić information content (AvgIpc) is 3.25. The standard InChI is InChI=1S/C22H21ClN4O3/c1-5-18(28)29-14(3)20(25-16-11-12-17(24-4)19(23)13(16)2)22-27-26-21(30-22)15-9-7-6-8-10-15/h6-12,14,20,25H,5H2,1-3H3/t14-,20+/m0/s1. The topological polar surface area (TPSA) is 81.6 Å². The number of carbonyl (C=O) groups excluding carboxylic acids is 1. The summed E-state index contributed by atoms with van der Waals surface area (Å²) in [6, 6.07) is 12.2. The number of benzene rings is 2. The number of hydrogen-bond donors (Lipinski definition) is 1. The van der Waals surface area contributed by atoms with E-state index in [1.807, 2.05) is 37.3 Å². The molecule has 0 radical (unpaired) electrons. The zero-order valence-electron chi connectivity index (χ0n) is 16.8. The van der Waals surface area contributed by atoms with Crippen LogP contribution in [0.2, 0.25) is 5.02 Å². The molecule has 0 aliphatic heterocycles. The van der Waals surface area contributed by atoms with Crippen LogP contribution in [0.15, 0.2) is 46.9 Å². The van der Waals surface area contributed by atoms with Gasteiger partial charge in [-0.05, 0) is 37.6 Å². The monoisotopic (exact) mass is 424 g/mol. The fourth-order valence-corrected chi connectivity index (χ4v) is 3.08. The van der Waals surface area contributed by atoms with E-state index >= 15 is 0 Å². The summed E-state index contributed by atoms with van der Waals surface area (Å²) < 4.78 is 11.4. The number of nitrogens with zero attached hydrogens (tertiary/aromatic N) is 3. The van der Waals surface area contributed by atoms with Gasteiger partial charge in [-0.3, -0.25) is 4.79 Å². The van der Waals surface area contributed by atoms with E-state index in [1.54, 1.807) is 26.0 Å². The lowest BCUT2D eigenvalue weighted by molar-refractivity contribution is -0.148. The zero-order chi connectivity index (χ0) is 21.7. The number of carbonyl (C=O) groups is 1. The molecular weight excluding hydrogens is 404 g/mol. The number of aromatic nitrogens is 2. The van der Waals surface area contributed by atoms with Crippen LogP contribution in [0.1, 0.15) is 37.8 Å². The van der Waals surface area contributed by atoms with Crippen LogP contribution in [0.25, 0.3) is 16.3 Å². The normalized spacial score (nSPS) is 12.6.